The van der Waals surface area contributed by atoms with Gasteiger partial charge in [0.25, 0.3) is 5.91 Å². The minimum Gasteiger partial charge on any atom is -0.361 e. The van der Waals surface area contributed by atoms with E-state index in [2.05, 4.69) is 20.7 Å². The lowest BCUT2D eigenvalue weighted by Gasteiger charge is -2.05. The quantitative estimate of drug-likeness (QED) is 0.289. The van der Waals surface area contributed by atoms with Crippen molar-refractivity contribution < 1.29 is 18.6 Å². The van der Waals surface area contributed by atoms with Crippen LogP contribution in [0.3, 0.4) is 0 Å². The highest BCUT2D eigenvalue weighted by Crippen LogP contribution is 2.24. The lowest BCUT2D eigenvalue weighted by Crippen LogP contribution is -2.17. The molecule has 1 amide bonds. The summed E-state index contributed by atoms with van der Waals surface area (Å²) in [5.74, 6) is -0.985. The number of anilines is 1. The molecule has 4 aromatic rings. The van der Waals surface area contributed by atoms with Crippen LogP contribution in [-0.4, -0.2) is 35.5 Å². The molecule has 4 rings (SSSR count). The highest BCUT2D eigenvalue weighted by atomic mass is 35.5. The maximum absolute atomic E-state index is 13.3. The van der Waals surface area contributed by atoms with Crippen molar-refractivity contribution >= 4 is 40.7 Å². The van der Waals surface area contributed by atoms with Crippen LogP contribution in [0.15, 0.2) is 35.0 Å². The van der Waals surface area contributed by atoms with Gasteiger partial charge in [-0.05, 0) is 36.5 Å². The standard InChI is InChI=1S/C20H16Cl2FN7O4/c1-10-5-17(30(32)33)25-29(10)8-14-11(2)34-27-18(14)20(31)24-19-16(22)9-28(26-19)7-12-3-4-13(23)6-15(12)21/h3-6,9H,7-8H2,1-2H3,(H,24,26,31). The van der Waals surface area contributed by atoms with Gasteiger partial charge in [0.15, 0.2) is 11.5 Å². The van der Waals surface area contributed by atoms with Gasteiger partial charge in [-0.2, -0.15) is 9.78 Å². The van der Waals surface area contributed by atoms with Gasteiger partial charge in [0.05, 0.1) is 35.5 Å². The molecule has 0 fully saturated rings. The molecular weight excluding hydrogens is 492 g/mol. The smallest absolute Gasteiger partial charge is 0.361 e. The lowest BCUT2D eigenvalue weighted by atomic mass is 10.2. The Kier molecular flexibility index (Phi) is 6.35. The van der Waals surface area contributed by atoms with Crippen molar-refractivity contribution in [2.45, 2.75) is 26.9 Å². The molecule has 14 heteroatoms. The summed E-state index contributed by atoms with van der Waals surface area (Å²) in [5.41, 5.74) is 1.49. The Labute approximate surface area is 201 Å². The third kappa shape index (κ3) is 4.77. The van der Waals surface area contributed by atoms with Crippen LogP contribution in [0, 0.1) is 29.8 Å². The summed E-state index contributed by atoms with van der Waals surface area (Å²) in [5, 5.41) is 25.9. The third-order valence-corrected chi connectivity index (χ3v) is 5.59. The number of aromatic nitrogens is 5. The average molecular weight is 508 g/mol. The van der Waals surface area contributed by atoms with Crippen molar-refractivity contribution in [2.24, 2.45) is 0 Å². The summed E-state index contributed by atoms with van der Waals surface area (Å²) in [4.78, 5) is 23.3. The van der Waals surface area contributed by atoms with Crippen molar-refractivity contribution in [2.75, 3.05) is 5.32 Å². The molecule has 3 aromatic heterocycles. The molecule has 176 valence electrons. The zero-order valence-corrected chi connectivity index (χ0v) is 19.3. The topological polar surface area (TPSA) is 134 Å². The largest absolute Gasteiger partial charge is 0.390 e. The van der Waals surface area contributed by atoms with Gasteiger partial charge in [-0.25, -0.2) is 4.39 Å². The number of aryl methyl sites for hydroxylation is 2. The minimum atomic E-state index is -0.641. The Morgan fingerprint density at radius 2 is 1.97 bits per heavy atom. The number of carbonyl (C=O) groups excluding carboxylic acids is 1. The number of amides is 1. The molecule has 0 spiro atoms. The van der Waals surface area contributed by atoms with Crippen LogP contribution in [0.4, 0.5) is 16.0 Å². The molecule has 0 bridgehead atoms. The molecule has 0 atom stereocenters. The van der Waals surface area contributed by atoms with Crippen LogP contribution in [-0.2, 0) is 13.1 Å². The summed E-state index contributed by atoms with van der Waals surface area (Å²) < 4.78 is 21.3. The molecule has 0 unspecified atom stereocenters. The minimum absolute atomic E-state index is 0.0308. The second-order valence-corrected chi connectivity index (χ2v) is 8.15. The monoisotopic (exact) mass is 507 g/mol. The predicted octanol–water partition coefficient (Wildman–Crippen LogP) is 4.39. The molecule has 0 radical (unpaired) electrons. The van der Waals surface area contributed by atoms with Crippen molar-refractivity contribution in [3.63, 3.8) is 0 Å². The van der Waals surface area contributed by atoms with Crippen LogP contribution in [0.2, 0.25) is 10.0 Å². The van der Waals surface area contributed by atoms with Gasteiger partial charge in [0.1, 0.15) is 16.6 Å². The van der Waals surface area contributed by atoms with E-state index < -0.39 is 16.6 Å². The molecule has 0 saturated heterocycles. The zero-order chi connectivity index (χ0) is 24.6. The number of nitrogens with one attached hydrogen (secondary N) is 1. The molecular formula is C20H16Cl2FN7O4. The van der Waals surface area contributed by atoms with E-state index in [1.807, 2.05) is 0 Å². The molecule has 0 aliphatic heterocycles. The lowest BCUT2D eigenvalue weighted by molar-refractivity contribution is -0.389. The van der Waals surface area contributed by atoms with E-state index in [-0.39, 0.29) is 40.5 Å². The van der Waals surface area contributed by atoms with Gasteiger partial charge >= 0.3 is 5.82 Å². The Morgan fingerprint density at radius 1 is 1.21 bits per heavy atom. The van der Waals surface area contributed by atoms with E-state index in [9.17, 15) is 19.3 Å². The highest BCUT2D eigenvalue weighted by Gasteiger charge is 2.25. The van der Waals surface area contributed by atoms with Crippen LogP contribution < -0.4 is 5.32 Å². The third-order valence-electron chi connectivity index (χ3n) is 4.96. The van der Waals surface area contributed by atoms with Gasteiger partial charge in [-0.15, -0.1) is 0 Å². The van der Waals surface area contributed by atoms with Gasteiger partial charge in [0.2, 0.25) is 0 Å². The van der Waals surface area contributed by atoms with Gasteiger partial charge in [-0.3, -0.25) is 9.48 Å². The predicted molar refractivity (Wildman–Crippen MR) is 120 cm³/mol. The Bertz CT molecular complexity index is 1410. The maximum Gasteiger partial charge on any atom is 0.390 e. The highest BCUT2D eigenvalue weighted by molar-refractivity contribution is 6.33. The summed E-state index contributed by atoms with van der Waals surface area (Å²) in [7, 11) is 0. The number of nitro groups is 1. The normalized spacial score (nSPS) is 11.1. The van der Waals surface area contributed by atoms with E-state index in [0.29, 0.717) is 22.6 Å². The number of halogens is 3. The molecule has 3 heterocycles. The van der Waals surface area contributed by atoms with Crippen molar-refractivity contribution in [3.05, 3.63) is 84.7 Å². The summed E-state index contributed by atoms with van der Waals surface area (Å²) >= 11 is 12.3. The second-order valence-electron chi connectivity index (χ2n) is 7.34. The molecule has 0 saturated carbocycles. The molecule has 11 nitrogen and oxygen atoms in total. The molecule has 1 aromatic carbocycles. The van der Waals surface area contributed by atoms with Crippen LogP contribution in [0.25, 0.3) is 0 Å². The average Bonchev–Trinajstić information content (AvgIpc) is 3.43. The Morgan fingerprint density at radius 3 is 2.65 bits per heavy atom. The van der Waals surface area contributed by atoms with E-state index in [0.717, 1.165) is 0 Å². The van der Waals surface area contributed by atoms with E-state index in [4.69, 9.17) is 27.7 Å². The zero-order valence-electron chi connectivity index (χ0n) is 17.8. The number of hydrogen-bond donors (Lipinski definition) is 1. The van der Waals surface area contributed by atoms with Crippen molar-refractivity contribution in [3.8, 4) is 0 Å². The fourth-order valence-corrected chi connectivity index (χ4v) is 3.63. The molecule has 34 heavy (non-hydrogen) atoms. The molecule has 0 aliphatic rings. The summed E-state index contributed by atoms with van der Waals surface area (Å²) in [6.07, 6.45) is 1.48. The first-order valence-electron chi connectivity index (χ1n) is 9.74. The number of hydrogen-bond acceptors (Lipinski definition) is 7. The summed E-state index contributed by atoms with van der Waals surface area (Å²) in [6.45, 7) is 3.49. The summed E-state index contributed by atoms with van der Waals surface area (Å²) in [6, 6.07) is 5.31. The van der Waals surface area contributed by atoms with Crippen molar-refractivity contribution in [1.29, 1.82) is 0 Å². The maximum atomic E-state index is 13.3. The van der Waals surface area contributed by atoms with E-state index in [1.165, 1.54) is 39.8 Å². The SMILES string of the molecule is Cc1onc(C(=O)Nc2nn(Cc3ccc(F)cc3Cl)cc2Cl)c1Cn1nc([N+](=O)[O-])cc1C. The fourth-order valence-electron chi connectivity index (χ4n) is 3.20. The molecule has 0 aliphatic carbocycles. The first-order valence-corrected chi connectivity index (χ1v) is 10.5. The van der Waals surface area contributed by atoms with Gasteiger partial charge in [-0.1, -0.05) is 34.4 Å². The fraction of sp³-hybridized carbons (Fsp3) is 0.200. The number of nitrogens with zero attached hydrogens (tertiary/aromatic N) is 6. The number of rotatable bonds is 7. The van der Waals surface area contributed by atoms with E-state index in [1.54, 1.807) is 13.8 Å². The molecule has 1 N–H and O–H groups in total. The first kappa shape index (κ1) is 23.4. The number of carbonyl (C=O) groups is 1. The van der Waals surface area contributed by atoms with E-state index >= 15 is 0 Å². The van der Waals surface area contributed by atoms with Crippen LogP contribution >= 0.6 is 23.2 Å². The van der Waals surface area contributed by atoms with Crippen LogP contribution in [0.1, 0.15) is 33.1 Å². The van der Waals surface area contributed by atoms with Crippen LogP contribution in [0.5, 0.6) is 0 Å². The van der Waals surface area contributed by atoms with Crippen molar-refractivity contribution in [1.82, 2.24) is 24.7 Å². The van der Waals surface area contributed by atoms with Gasteiger partial charge < -0.3 is 20.0 Å². The second kappa shape index (κ2) is 9.23. The van der Waals surface area contributed by atoms with Gasteiger partial charge in [0, 0.05) is 11.2 Å². The number of benzene rings is 1. The first-order chi connectivity index (χ1) is 16.1. The Hall–Kier alpha value is -3.77. The Balaban J connectivity index is 1.53.